The molecule has 1 atom stereocenters. The molecule has 0 radical (unpaired) electrons. The molecule has 0 spiro atoms. The van der Waals surface area contributed by atoms with Crippen molar-refractivity contribution in [1.29, 1.82) is 0 Å². The van der Waals surface area contributed by atoms with E-state index < -0.39 is 0 Å². The highest BCUT2D eigenvalue weighted by molar-refractivity contribution is 7.99. The molecule has 0 N–H and O–H groups in total. The molecule has 1 unspecified atom stereocenters. The lowest BCUT2D eigenvalue weighted by molar-refractivity contribution is 0.920. The Morgan fingerprint density at radius 1 is 1.00 bits per heavy atom. The van der Waals surface area contributed by atoms with Crippen molar-refractivity contribution < 1.29 is 0 Å². The van der Waals surface area contributed by atoms with Gasteiger partial charge in [-0.05, 0) is 50.4 Å². The molecule has 182 valence electrons. The summed E-state index contributed by atoms with van der Waals surface area (Å²) >= 11 is 1.73. The molecule has 36 heavy (non-hydrogen) atoms. The van der Waals surface area contributed by atoms with Crippen LogP contribution in [0, 0.1) is 6.92 Å². The maximum atomic E-state index is 14.3. The first kappa shape index (κ1) is 25.3. The fraction of sp³-hybridized carbons (Fsp3) is 0.161. The first-order chi connectivity index (χ1) is 17.5. The van der Waals surface area contributed by atoms with Crippen molar-refractivity contribution >= 4 is 29.3 Å². The fourth-order valence-electron chi connectivity index (χ4n) is 3.95. The van der Waals surface area contributed by atoms with Gasteiger partial charge in [0.15, 0.2) is 0 Å². The van der Waals surface area contributed by atoms with Gasteiger partial charge in [0.1, 0.15) is 11.6 Å². The van der Waals surface area contributed by atoms with E-state index in [1.54, 1.807) is 16.3 Å². The zero-order valence-electron chi connectivity index (χ0n) is 21.0. The second-order valence-electron chi connectivity index (χ2n) is 8.55. The van der Waals surface area contributed by atoms with Gasteiger partial charge in [0.25, 0.3) is 5.56 Å². The van der Waals surface area contributed by atoms with Crippen molar-refractivity contribution in [2.24, 2.45) is 0 Å². The predicted octanol–water partition coefficient (Wildman–Crippen LogP) is 7.30. The summed E-state index contributed by atoms with van der Waals surface area (Å²) in [6, 6.07) is 27.8. The Kier molecular flexibility index (Phi) is 8.24. The molecule has 0 amide bonds. The largest absolute Gasteiger partial charge is 0.322 e. The van der Waals surface area contributed by atoms with E-state index in [0.717, 1.165) is 16.9 Å². The van der Waals surface area contributed by atoms with Crippen LogP contribution < -0.4 is 10.5 Å². The van der Waals surface area contributed by atoms with Crippen LogP contribution in [0.1, 0.15) is 18.1 Å². The van der Waals surface area contributed by atoms with Crippen LogP contribution in [0.2, 0.25) is 0 Å². The van der Waals surface area contributed by atoms with Gasteiger partial charge in [0, 0.05) is 23.0 Å². The van der Waals surface area contributed by atoms with Crippen molar-refractivity contribution in [2.45, 2.75) is 19.1 Å². The summed E-state index contributed by atoms with van der Waals surface area (Å²) < 4.78 is 1.71. The van der Waals surface area contributed by atoms with E-state index in [1.807, 2.05) is 72.8 Å². The Labute approximate surface area is 217 Å². The number of nitrogens with zero attached hydrogens (tertiary/aromatic N) is 3. The highest BCUT2D eigenvalue weighted by Gasteiger charge is 2.22. The number of para-hydroxylation sites is 1. The van der Waals surface area contributed by atoms with E-state index in [1.165, 1.54) is 5.56 Å². The van der Waals surface area contributed by atoms with E-state index in [-0.39, 0.29) is 10.8 Å². The molecule has 0 aliphatic carbocycles. The van der Waals surface area contributed by atoms with Crippen molar-refractivity contribution in [2.75, 3.05) is 17.7 Å². The van der Waals surface area contributed by atoms with Crippen molar-refractivity contribution in [3.05, 3.63) is 125 Å². The number of anilines is 2. The minimum absolute atomic E-state index is 0.115. The van der Waals surface area contributed by atoms with Gasteiger partial charge in [-0.25, -0.2) is 4.98 Å². The highest BCUT2D eigenvalue weighted by Crippen LogP contribution is 2.30. The van der Waals surface area contributed by atoms with Crippen LogP contribution in [-0.2, 0) is 0 Å². The van der Waals surface area contributed by atoms with Crippen LogP contribution >= 0.6 is 11.8 Å². The third-order valence-corrected chi connectivity index (χ3v) is 6.86. The average molecular weight is 494 g/mol. The Balaban J connectivity index is 2.07. The number of hydrogen-bond donors (Lipinski definition) is 0. The SMILES string of the molecule is C=CCN(c1ccc(C)cc1)c1nc(-c2ccccc2)n(-c2ccccc2)c(=O)c1/C=C/C(C)SC. The predicted molar refractivity (Wildman–Crippen MR) is 156 cm³/mol. The van der Waals surface area contributed by atoms with Gasteiger partial charge in [-0.2, -0.15) is 11.8 Å². The molecule has 0 saturated carbocycles. The number of aromatic nitrogens is 2. The van der Waals surface area contributed by atoms with E-state index >= 15 is 0 Å². The van der Waals surface area contributed by atoms with Crippen molar-refractivity contribution in [3.8, 4) is 17.1 Å². The summed E-state index contributed by atoms with van der Waals surface area (Å²) in [6.45, 7) is 8.67. The number of hydrogen-bond acceptors (Lipinski definition) is 4. The number of thioether (sulfide) groups is 1. The summed E-state index contributed by atoms with van der Waals surface area (Å²) in [6.07, 6.45) is 7.88. The van der Waals surface area contributed by atoms with Crippen LogP contribution in [0.15, 0.2) is 108 Å². The Bertz CT molecular complexity index is 1390. The molecule has 4 nitrogen and oxygen atoms in total. The smallest absolute Gasteiger partial charge is 0.267 e. The topological polar surface area (TPSA) is 38.1 Å². The van der Waals surface area contributed by atoms with E-state index in [0.29, 0.717) is 23.8 Å². The monoisotopic (exact) mass is 493 g/mol. The molecule has 0 bridgehead atoms. The summed E-state index contributed by atoms with van der Waals surface area (Å²) in [5, 5.41) is 0.253. The molecule has 5 heteroatoms. The lowest BCUT2D eigenvalue weighted by atomic mass is 10.1. The third kappa shape index (κ3) is 5.52. The van der Waals surface area contributed by atoms with Crippen LogP contribution in [-0.4, -0.2) is 27.6 Å². The van der Waals surface area contributed by atoms with Crippen LogP contribution in [0.3, 0.4) is 0 Å². The molecule has 1 aromatic heterocycles. The zero-order chi connectivity index (χ0) is 25.5. The number of aryl methyl sites for hydroxylation is 1. The molecule has 0 fully saturated rings. The zero-order valence-corrected chi connectivity index (χ0v) is 21.8. The van der Waals surface area contributed by atoms with E-state index in [9.17, 15) is 4.79 Å². The van der Waals surface area contributed by atoms with Gasteiger partial charge in [0.05, 0.1) is 11.3 Å². The van der Waals surface area contributed by atoms with Gasteiger partial charge >= 0.3 is 0 Å². The standard InChI is InChI=1S/C31H31N3OS/c1-5-22-33(26-19-16-23(2)17-20-26)30-28(21-18-24(3)36-4)31(35)34(27-14-10-7-11-15-27)29(32-30)25-12-8-6-9-13-25/h5-21,24H,1,22H2,2-4H3/b21-18+. The molecule has 4 rings (SSSR count). The summed E-state index contributed by atoms with van der Waals surface area (Å²) in [4.78, 5) is 21.5. The van der Waals surface area contributed by atoms with Gasteiger partial charge in [-0.1, -0.05) is 78.4 Å². The summed E-state index contributed by atoms with van der Waals surface area (Å²) in [5.41, 5.74) is 4.20. The van der Waals surface area contributed by atoms with Gasteiger partial charge in [0.2, 0.25) is 0 Å². The molecule has 0 aliphatic rings. The molecular formula is C31H31N3OS. The van der Waals surface area contributed by atoms with Gasteiger partial charge in [-0.15, -0.1) is 6.58 Å². The second-order valence-corrected chi connectivity index (χ2v) is 9.76. The molecule has 0 aliphatic heterocycles. The van der Waals surface area contributed by atoms with Crippen molar-refractivity contribution in [3.63, 3.8) is 0 Å². The van der Waals surface area contributed by atoms with Crippen molar-refractivity contribution in [1.82, 2.24) is 9.55 Å². The number of rotatable bonds is 9. The third-order valence-electron chi connectivity index (χ3n) is 5.96. The average Bonchev–Trinajstić information content (AvgIpc) is 2.92. The number of benzene rings is 3. The van der Waals surface area contributed by atoms with Crippen LogP contribution in [0.25, 0.3) is 23.2 Å². The first-order valence-corrected chi connectivity index (χ1v) is 13.3. The maximum Gasteiger partial charge on any atom is 0.267 e. The molecular weight excluding hydrogens is 462 g/mol. The molecule has 3 aromatic carbocycles. The van der Waals surface area contributed by atoms with E-state index in [4.69, 9.17) is 4.98 Å². The van der Waals surface area contributed by atoms with Crippen LogP contribution in [0.4, 0.5) is 11.5 Å². The Hall–Kier alpha value is -3.83. The normalized spacial score (nSPS) is 12.0. The lowest BCUT2D eigenvalue weighted by Gasteiger charge is -2.26. The maximum absolute atomic E-state index is 14.3. The fourth-order valence-corrected chi connectivity index (χ4v) is 4.19. The Morgan fingerprint density at radius 2 is 1.64 bits per heavy atom. The summed E-state index contributed by atoms with van der Waals surface area (Å²) in [5.74, 6) is 1.21. The lowest BCUT2D eigenvalue weighted by Crippen LogP contribution is -2.29. The second kappa shape index (κ2) is 11.7. The molecule has 1 heterocycles. The summed E-state index contributed by atoms with van der Waals surface area (Å²) in [7, 11) is 0. The van der Waals surface area contributed by atoms with Gasteiger partial charge < -0.3 is 4.90 Å². The molecule has 0 saturated heterocycles. The highest BCUT2D eigenvalue weighted by atomic mass is 32.2. The van der Waals surface area contributed by atoms with E-state index in [2.05, 4.69) is 61.9 Å². The van der Waals surface area contributed by atoms with Gasteiger partial charge in [-0.3, -0.25) is 9.36 Å². The van der Waals surface area contributed by atoms with Crippen LogP contribution in [0.5, 0.6) is 0 Å². The molecule has 4 aromatic rings. The minimum Gasteiger partial charge on any atom is -0.322 e. The minimum atomic E-state index is -0.115. The Morgan fingerprint density at radius 3 is 2.25 bits per heavy atom. The first-order valence-electron chi connectivity index (χ1n) is 12.0. The quantitative estimate of drug-likeness (QED) is 0.229.